The van der Waals surface area contributed by atoms with E-state index in [1.165, 1.54) is 17.7 Å². The summed E-state index contributed by atoms with van der Waals surface area (Å²) in [5.74, 6) is -0.668. The highest BCUT2D eigenvalue weighted by Gasteiger charge is 2.44. The molecule has 1 unspecified atom stereocenters. The van der Waals surface area contributed by atoms with Crippen molar-refractivity contribution >= 4 is 33.6 Å². The van der Waals surface area contributed by atoms with Gasteiger partial charge in [0.2, 0.25) is 5.95 Å². The summed E-state index contributed by atoms with van der Waals surface area (Å²) in [5, 5.41) is 10.2. The van der Waals surface area contributed by atoms with Gasteiger partial charge in [0.15, 0.2) is 5.65 Å². The van der Waals surface area contributed by atoms with Crippen molar-refractivity contribution in [2.24, 2.45) is 5.92 Å². The van der Waals surface area contributed by atoms with Crippen LogP contribution >= 0.6 is 11.3 Å². The molecular weight excluding hydrogens is 360 g/mol. The molecule has 1 saturated heterocycles. The van der Waals surface area contributed by atoms with Crippen molar-refractivity contribution in [2.45, 2.75) is 58.2 Å². The second-order valence-corrected chi connectivity index (χ2v) is 7.40. The lowest BCUT2D eigenvalue weighted by Crippen LogP contribution is -2.32. The molecule has 10 heteroatoms. The van der Waals surface area contributed by atoms with E-state index >= 15 is 0 Å². The minimum absolute atomic E-state index is 0.0526. The number of aliphatic hydroxyl groups excluding tert-OH is 1. The van der Waals surface area contributed by atoms with Crippen molar-refractivity contribution in [3.8, 4) is 0 Å². The first-order valence-electron chi connectivity index (χ1n) is 8.46. The highest BCUT2D eigenvalue weighted by molar-refractivity contribution is 7.16. The van der Waals surface area contributed by atoms with E-state index < -0.39 is 30.5 Å². The molecule has 3 heterocycles. The van der Waals surface area contributed by atoms with Crippen LogP contribution in [0.1, 0.15) is 39.8 Å². The standard InChI is InChI=1S/C16H22N4O5S/c1-4-10(22)11-5-9(7(2)24-8(3)21)14(25-11)20-13-12(26-16(20)23)6-18-15(17)19-13/h6-7,9-11,14,22H,4-5H2,1-3H3,(H2,17,18,19)/t7-,9+,10+,11?,14-/m1/s1. The third-order valence-electron chi connectivity index (χ3n) is 4.62. The number of nitrogens with two attached hydrogens (primary N) is 1. The molecule has 0 saturated carbocycles. The van der Waals surface area contributed by atoms with Gasteiger partial charge in [-0.15, -0.1) is 0 Å². The van der Waals surface area contributed by atoms with Crippen LogP contribution in [0.25, 0.3) is 10.3 Å². The van der Waals surface area contributed by atoms with Gasteiger partial charge >= 0.3 is 10.8 Å². The molecule has 1 aliphatic heterocycles. The number of nitrogen functional groups attached to an aromatic ring is 1. The van der Waals surface area contributed by atoms with Gasteiger partial charge in [-0.25, -0.2) is 4.98 Å². The number of thiazole rings is 1. The van der Waals surface area contributed by atoms with E-state index in [4.69, 9.17) is 15.2 Å². The summed E-state index contributed by atoms with van der Waals surface area (Å²) in [6.45, 7) is 4.94. The van der Waals surface area contributed by atoms with E-state index in [1.54, 1.807) is 6.92 Å². The van der Waals surface area contributed by atoms with Gasteiger partial charge in [-0.2, -0.15) is 4.98 Å². The van der Waals surface area contributed by atoms with Gasteiger partial charge in [-0.3, -0.25) is 14.2 Å². The Kier molecular flexibility index (Phi) is 5.26. The number of rotatable bonds is 5. The normalized spacial score (nSPS) is 25.3. The molecule has 26 heavy (non-hydrogen) atoms. The summed E-state index contributed by atoms with van der Waals surface area (Å²) in [6.07, 6.45) is 0.122. The Labute approximate surface area is 153 Å². The first-order valence-corrected chi connectivity index (χ1v) is 9.27. The maximum Gasteiger partial charge on any atom is 0.311 e. The van der Waals surface area contributed by atoms with E-state index in [2.05, 4.69) is 9.97 Å². The smallest absolute Gasteiger partial charge is 0.311 e. The van der Waals surface area contributed by atoms with Gasteiger partial charge in [0.25, 0.3) is 0 Å². The first kappa shape index (κ1) is 18.7. The molecule has 3 N–H and O–H groups in total. The van der Waals surface area contributed by atoms with Crippen LogP contribution in [0.5, 0.6) is 0 Å². The monoisotopic (exact) mass is 382 g/mol. The number of ether oxygens (including phenoxy) is 2. The van der Waals surface area contributed by atoms with Crippen molar-refractivity contribution in [1.82, 2.24) is 14.5 Å². The summed E-state index contributed by atoms with van der Waals surface area (Å²) in [6, 6.07) is 0. The third kappa shape index (κ3) is 3.44. The van der Waals surface area contributed by atoms with Gasteiger partial charge in [-0.1, -0.05) is 18.3 Å². The minimum atomic E-state index is -0.717. The van der Waals surface area contributed by atoms with Crippen molar-refractivity contribution < 1.29 is 19.4 Å². The van der Waals surface area contributed by atoms with Crippen LogP contribution in [0.3, 0.4) is 0 Å². The predicted molar refractivity (Wildman–Crippen MR) is 95.6 cm³/mol. The average molecular weight is 382 g/mol. The summed E-state index contributed by atoms with van der Waals surface area (Å²) in [7, 11) is 0. The number of aromatic nitrogens is 3. The number of fused-ring (bicyclic) bond motifs is 1. The fourth-order valence-electron chi connectivity index (χ4n) is 3.33. The number of nitrogens with zero attached hydrogens (tertiary/aromatic N) is 3. The maximum atomic E-state index is 12.6. The molecule has 0 aliphatic carbocycles. The van der Waals surface area contributed by atoms with Gasteiger partial charge in [0.1, 0.15) is 12.3 Å². The van der Waals surface area contributed by atoms with Gasteiger partial charge in [-0.05, 0) is 19.8 Å². The quantitative estimate of drug-likeness (QED) is 0.734. The SMILES string of the molecule is CC[C@H](O)C1C[C@@H]([C@@H](C)OC(C)=O)[C@H](n2c(=O)sc3cnc(N)nc32)O1. The zero-order valence-electron chi connectivity index (χ0n) is 14.8. The molecule has 2 aromatic heterocycles. The molecule has 9 nitrogen and oxygen atoms in total. The number of aliphatic hydroxyl groups is 1. The zero-order valence-corrected chi connectivity index (χ0v) is 15.6. The summed E-state index contributed by atoms with van der Waals surface area (Å²) >= 11 is 0.994. The van der Waals surface area contributed by atoms with Crippen molar-refractivity contribution in [1.29, 1.82) is 0 Å². The molecule has 5 atom stereocenters. The van der Waals surface area contributed by atoms with E-state index in [9.17, 15) is 14.7 Å². The van der Waals surface area contributed by atoms with Crippen LogP contribution in [-0.2, 0) is 14.3 Å². The van der Waals surface area contributed by atoms with E-state index in [0.29, 0.717) is 23.2 Å². The van der Waals surface area contributed by atoms with E-state index in [1.807, 2.05) is 6.92 Å². The second kappa shape index (κ2) is 7.29. The summed E-state index contributed by atoms with van der Waals surface area (Å²) in [4.78, 5) is 31.8. The zero-order chi connectivity index (χ0) is 19.0. The molecule has 0 amide bonds. The van der Waals surface area contributed by atoms with E-state index in [-0.39, 0.29) is 16.7 Å². The van der Waals surface area contributed by atoms with Gasteiger partial charge in [0, 0.05) is 12.8 Å². The molecule has 142 valence electrons. The Bertz CT molecular complexity index is 866. The largest absolute Gasteiger partial charge is 0.462 e. The first-order chi connectivity index (χ1) is 12.3. The Morgan fingerprint density at radius 3 is 3.00 bits per heavy atom. The number of carbonyl (C=O) groups is 1. The number of hydrogen-bond acceptors (Lipinski definition) is 9. The van der Waals surface area contributed by atoms with E-state index in [0.717, 1.165) is 11.3 Å². The lowest BCUT2D eigenvalue weighted by Gasteiger charge is -2.24. The molecule has 0 bridgehead atoms. The Morgan fingerprint density at radius 1 is 1.62 bits per heavy atom. The Hall–Kier alpha value is -2.04. The van der Waals surface area contributed by atoms with Gasteiger partial charge in [0.05, 0.1) is 23.1 Å². The van der Waals surface area contributed by atoms with Crippen LogP contribution in [0.4, 0.5) is 5.95 Å². The van der Waals surface area contributed by atoms with Crippen molar-refractivity contribution in [2.75, 3.05) is 5.73 Å². The van der Waals surface area contributed by atoms with Crippen LogP contribution in [0, 0.1) is 5.92 Å². The van der Waals surface area contributed by atoms with Crippen LogP contribution in [0.2, 0.25) is 0 Å². The molecule has 1 aliphatic rings. The Balaban J connectivity index is 2.04. The summed E-state index contributed by atoms with van der Waals surface area (Å²) in [5.41, 5.74) is 6.05. The molecule has 2 aromatic rings. The fraction of sp³-hybridized carbons (Fsp3) is 0.625. The van der Waals surface area contributed by atoms with Crippen LogP contribution in [-0.4, -0.2) is 43.9 Å². The molecule has 0 radical (unpaired) electrons. The number of hydrogen-bond donors (Lipinski definition) is 2. The van der Waals surface area contributed by atoms with Crippen LogP contribution < -0.4 is 10.6 Å². The lowest BCUT2D eigenvalue weighted by atomic mass is 9.95. The van der Waals surface area contributed by atoms with Crippen molar-refractivity contribution in [3.63, 3.8) is 0 Å². The Morgan fingerprint density at radius 2 is 2.35 bits per heavy atom. The highest BCUT2D eigenvalue weighted by Crippen LogP contribution is 2.40. The van der Waals surface area contributed by atoms with Gasteiger partial charge < -0.3 is 20.3 Å². The minimum Gasteiger partial charge on any atom is -0.462 e. The predicted octanol–water partition coefficient (Wildman–Crippen LogP) is 1.06. The molecule has 3 rings (SSSR count). The number of anilines is 1. The lowest BCUT2D eigenvalue weighted by molar-refractivity contribution is -0.150. The maximum absolute atomic E-state index is 12.6. The molecule has 0 aromatic carbocycles. The topological polar surface area (TPSA) is 130 Å². The summed E-state index contributed by atoms with van der Waals surface area (Å²) < 4.78 is 13.4. The number of esters is 1. The highest BCUT2D eigenvalue weighted by atomic mass is 32.1. The second-order valence-electron chi connectivity index (χ2n) is 6.41. The number of carbonyl (C=O) groups excluding carboxylic acids is 1. The van der Waals surface area contributed by atoms with Crippen molar-refractivity contribution in [3.05, 3.63) is 15.9 Å². The fourth-order valence-corrected chi connectivity index (χ4v) is 4.15. The molecule has 1 fully saturated rings. The average Bonchev–Trinajstić information content (AvgIpc) is 3.13. The third-order valence-corrected chi connectivity index (χ3v) is 5.50. The molecule has 0 spiro atoms. The van der Waals surface area contributed by atoms with Crippen LogP contribution in [0.15, 0.2) is 11.0 Å². The molecular formula is C16H22N4O5S.